The zero-order valence-corrected chi connectivity index (χ0v) is 17.5. The van der Waals surface area contributed by atoms with E-state index in [0.29, 0.717) is 11.3 Å². The number of esters is 1. The fourth-order valence-electron chi connectivity index (χ4n) is 2.56. The molecular formula is C23H28N2O4. The van der Waals surface area contributed by atoms with Crippen molar-refractivity contribution in [1.29, 1.82) is 0 Å². The molecule has 0 aliphatic heterocycles. The minimum atomic E-state index is -0.992. The smallest absolute Gasteiger partial charge is 0.329 e. The first-order chi connectivity index (χ1) is 13.6. The first kappa shape index (κ1) is 22.1. The first-order valence-corrected chi connectivity index (χ1v) is 9.55. The Labute approximate surface area is 171 Å². The van der Waals surface area contributed by atoms with Crippen molar-refractivity contribution in [3.8, 4) is 0 Å². The van der Waals surface area contributed by atoms with Crippen molar-refractivity contribution in [2.45, 2.75) is 52.2 Å². The largest absolute Gasteiger partial charge is 0.451 e. The molecular weight excluding hydrogens is 368 g/mol. The summed E-state index contributed by atoms with van der Waals surface area (Å²) in [5.41, 5.74) is 2.16. The third-order valence-electron chi connectivity index (χ3n) is 4.42. The van der Waals surface area contributed by atoms with Gasteiger partial charge in [-0.1, -0.05) is 51.1 Å². The number of anilines is 1. The van der Waals surface area contributed by atoms with Crippen LogP contribution in [0.3, 0.4) is 0 Å². The fourth-order valence-corrected chi connectivity index (χ4v) is 2.56. The van der Waals surface area contributed by atoms with E-state index in [1.165, 1.54) is 13.8 Å². The molecule has 2 amide bonds. The number of hydrogen-bond donors (Lipinski definition) is 2. The summed E-state index contributed by atoms with van der Waals surface area (Å²) in [7, 11) is 0. The van der Waals surface area contributed by atoms with Crippen molar-refractivity contribution in [3.63, 3.8) is 0 Å². The van der Waals surface area contributed by atoms with E-state index in [-0.39, 0.29) is 11.3 Å². The van der Waals surface area contributed by atoms with E-state index in [4.69, 9.17) is 4.74 Å². The van der Waals surface area contributed by atoms with Crippen LogP contribution >= 0.6 is 0 Å². The van der Waals surface area contributed by atoms with Crippen LogP contribution in [0, 0.1) is 0 Å². The highest BCUT2D eigenvalue weighted by Gasteiger charge is 2.24. The lowest BCUT2D eigenvalue weighted by Crippen LogP contribution is -2.42. The minimum absolute atomic E-state index is 0.0113. The third kappa shape index (κ3) is 6.45. The third-order valence-corrected chi connectivity index (χ3v) is 4.42. The van der Waals surface area contributed by atoms with E-state index < -0.39 is 24.0 Å². The van der Waals surface area contributed by atoms with Crippen molar-refractivity contribution in [1.82, 2.24) is 5.32 Å². The Bertz CT molecular complexity index is 855. The highest BCUT2D eigenvalue weighted by atomic mass is 16.5. The van der Waals surface area contributed by atoms with E-state index in [1.807, 2.05) is 18.2 Å². The maximum atomic E-state index is 12.4. The lowest BCUT2D eigenvalue weighted by molar-refractivity contribution is -0.154. The van der Waals surface area contributed by atoms with Crippen LogP contribution in [0.2, 0.25) is 0 Å². The summed E-state index contributed by atoms with van der Waals surface area (Å²) in [5.74, 6) is -1.50. The van der Waals surface area contributed by atoms with Crippen LogP contribution in [-0.2, 0) is 19.7 Å². The van der Waals surface area contributed by atoms with Crippen LogP contribution < -0.4 is 10.6 Å². The van der Waals surface area contributed by atoms with Gasteiger partial charge in [0.15, 0.2) is 6.10 Å². The van der Waals surface area contributed by atoms with Gasteiger partial charge in [0.2, 0.25) is 0 Å². The van der Waals surface area contributed by atoms with E-state index in [0.717, 1.165) is 5.56 Å². The predicted molar refractivity (Wildman–Crippen MR) is 113 cm³/mol. The molecule has 0 heterocycles. The molecule has 0 unspecified atom stereocenters. The summed E-state index contributed by atoms with van der Waals surface area (Å²) < 4.78 is 5.18. The van der Waals surface area contributed by atoms with Gasteiger partial charge in [-0.3, -0.25) is 9.59 Å². The second-order valence-electron chi connectivity index (χ2n) is 7.96. The molecule has 0 radical (unpaired) electrons. The van der Waals surface area contributed by atoms with Gasteiger partial charge in [0, 0.05) is 11.3 Å². The normalized spacial score (nSPS) is 13.1. The zero-order valence-electron chi connectivity index (χ0n) is 17.5. The van der Waals surface area contributed by atoms with Crippen LogP contribution in [0.1, 0.15) is 50.5 Å². The van der Waals surface area contributed by atoms with Crippen LogP contribution in [0.5, 0.6) is 0 Å². The molecule has 6 nitrogen and oxygen atoms in total. The van der Waals surface area contributed by atoms with E-state index in [1.54, 1.807) is 36.4 Å². The molecule has 6 heteroatoms. The van der Waals surface area contributed by atoms with E-state index in [9.17, 15) is 14.4 Å². The SMILES string of the molecule is C[C@H](NC(=O)c1ccc(C(C)(C)C)cc1)C(=O)O[C@H](C)C(=O)Nc1ccccc1. The summed E-state index contributed by atoms with van der Waals surface area (Å²) in [6.45, 7) is 9.28. The second kappa shape index (κ2) is 9.37. The summed E-state index contributed by atoms with van der Waals surface area (Å²) >= 11 is 0. The van der Waals surface area contributed by atoms with Crippen molar-refractivity contribution >= 4 is 23.5 Å². The summed E-state index contributed by atoms with van der Waals surface area (Å²) in [5, 5.41) is 5.27. The average molecular weight is 396 g/mol. The topological polar surface area (TPSA) is 84.5 Å². The Morgan fingerprint density at radius 2 is 1.48 bits per heavy atom. The fraction of sp³-hybridized carbons (Fsp3) is 0.348. The molecule has 2 aromatic rings. The zero-order chi connectivity index (χ0) is 21.6. The minimum Gasteiger partial charge on any atom is -0.451 e. The Hall–Kier alpha value is -3.15. The van der Waals surface area contributed by atoms with Crippen LogP contribution in [0.25, 0.3) is 0 Å². The highest BCUT2D eigenvalue weighted by molar-refractivity contribution is 5.98. The lowest BCUT2D eigenvalue weighted by atomic mass is 9.86. The van der Waals surface area contributed by atoms with Gasteiger partial charge >= 0.3 is 5.97 Å². The van der Waals surface area contributed by atoms with E-state index >= 15 is 0 Å². The maximum absolute atomic E-state index is 12.4. The second-order valence-corrected chi connectivity index (χ2v) is 7.96. The van der Waals surface area contributed by atoms with E-state index in [2.05, 4.69) is 31.4 Å². The molecule has 0 spiro atoms. The summed E-state index contributed by atoms with van der Waals surface area (Å²) in [6.07, 6.45) is -0.992. The number of nitrogens with one attached hydrogen (secondary N) is 2. The average Bonchev–Trinajstić information content (AvgIpc) is 2.68. The van der Waals surface area contributed by atoms with Crippen LogP contribution in [0.15, 0.2) is 54.6 Å². The van der Waals surface area contributed by atoms with Gasteiger partial charge in [0.1, 0.15) is 6.04 Å². The molecule has 0 aromatic heterocycles. The molecule has 29 heavy (non-hydrogen) atoms. The first-order valence-electron chi connectivity index (χ1n) is 9.55. The Kier molecular flexibility index (Phi) is 7.15. The molecule has 2 N–H and O–H groups in total. The number of para-hydroxylation sites is 1. The monoisotopic (exact) mass is 396 g/mol. The molecule has 0 aliphatic rings. The van der Waals surface area contributed by atoms with Gasteiger partial charge in [-0.15, -0.1) is 0 Å². The van der Waals surface area contributed by atoms with Crippen molar-refractivity contribution in [2.24, 2.45) is 0 Å². The van der Waals surface area contributed by atoms with Gasteiger partial charge in [-0.05, 0) is 49.1 Å². The van der Waals surface area contributed by atoms with Gasteiger partial charge in [-0.2, -0.15) is 0 Å². The molecule has 0 saturated carbocycles. The van der Waals surface area contributed by atoms with Crippen LogP contribution in [0.4, 0.5) is 5.69 Å². The highest BCUT2D eigenvalue weighted by Crippen LogP contribution is 2.22. The maximum Gasteiger partial charge on any atom is 0.329 e. The molecule has 0 bridgehead atoms. The number of benzene rings is 2. The Morgan fingerprint density at radius 3 is 2.03 bits per heavy atom. The number of carbonyl (C=O) groups is 3. The van der Waals surface area contributed by atoms with Crippen molar-refractivity contribution in [3.05, 3.63) is 65.7 Å². The number of carbonyl (C=O) groups excluding carboxylic acids is 3. The van der Waals surface area contributed by atoms with Crippen molar-refractivity contribution in [2.75, 3.05) is 5.32 Å². The Morgan fingerprint density at radius 1 is 0.897 bits per heavy atom. The molecule has 2 atom stereocenters. The lowest BCUT2D eigenvalue weighted by Gasteiger charge is -2.20. The number of rotatable bonds is 6. The standard InChI is InChI=1S/C23H28N2O4/c1-15(24-21(27)17-11-13-18(14-12-17)23(3,4)5)22(28)29-16(2)20(26)25-19-9-7-6-8-10-19/h6-16H,1-5H3,(H,24,27)(H,25,26)/t15-,16+/m0/s1. The van der Waals surface area contributed by atoms with Gasteiger partial charge in [0.25, 0.3) is 11.8 Å². The molecule has 0 aliphatic carbocycles. The molecule has 0 fully saturated rings. The molecule has 2 rings (SSSR count). The van der Waals surface area contributed by atoms with Gasteiger partial charge in [-0.25, -0.2) is 4.79 Å². The Balaban J connectivity index is 1.89. The molecule has 0 saturated heterocycles. The van der Waals surface area contributed by atoms with Gasteiger partial charge < -0.3 is 15.4 Å². The predicted octanol–water partition coefficient (Wildman–Crippen LogP) is 3.67. The number of hydrogen-bond acceptors (Lipinski definition) is 4. The summed E-state index contributed by atoms with van der Waals surface area (Å²) in [6, 6.07) is 15.2. The molecule has 2 aromatic carbocycles. The molecule has 154 valence electrons. The summed E-state index contributed by atoms with van der Waals surface area (Å²) in [4.78, 5) is 36.8. The van der Waals surface area contributed by atoms with Gasteiger partial charge in [0.05, 0.1) is 0 Å². The van der Waals surface area contributed by atoms with Crippen LogP contribution in [-0.4, -0.2) is 29.9 Å². The number of amides is 2. The quantitative estimate of drug-likeness (QED) is 0.730. The number of ether oxygens (including phenoxy) is 1. The van der Waals surface area contributed by atoms with Crippen molar-refractivity contribution < 1.29 is 19.1 Å².